The van der Waals surface area contributed by atoms with Crippen molar-refractivity contribution in [3.8, 4) is 11.4 Å². The minimum atomic E-state index is -0.342. The van der Waals surface area contributed by atoms with E-state index in [9.17, 15) is 9.18 Å². The number of aromatic nitrogens is 2. The van der Waals surface area contributed by atoms with Crippen molar-refractivity contribution in [3.05, 3.63) is 65.8 Å². The van der Waals surface area contributed by atoms with Crippen LogP contribution in [0, 0.1) is 5.82 Å². The molecule has 0 spiro atoms. The highest BCUT2D eigenvalue weighted by Crippen LogP contribution is 2.29. The Morgan fingerprint density at radius 3 is 2.68 bits per heavy atom. The lowest BCUT2D eigenvalue weighted by Gasteiger charge is -2.31. The van der Waals surface area contributed by atoms with Crippen LogP contribution < -0.4 is 4.90 Å². The summed E-state index contributed by atoms with van der Waals surface area (Å²) in [6.45, 7) is 7.33. The molecule has 1 atom stereocenters. The molecule has 1 amide bonds. The zero-order valence-corrected chi connectivity index (χ0v) is 17.9. The summed E-state index contributed by atoms with van der Waals surface area (Å²) in [4.78, 5) is 21.6. The molecule has 0 aliphatic carbocycles. The number of piperidine rings is 1. The highest BCUT2D eigenvalue weighted by Gasteiger charge is 2.29. The normalized spacial score (nSPS) is 16.4. The first-order chi connectivity index (χ1) is 15.1. The molecule has 0 N–H and O–H groups in total. The van der Waals surface area contributed by atoms with E-state index in [0.29, 0.717) is 35.9 Å². The summed E-state index contributed by atoms with van der Waals surface area (Å²) in [5, 5.41) is 4.01. The average molecular weight is 423 g/mol. The smallest absolute Gasteiger partial charge is 0.253 e. The number of amides is 1. The van der Waals surface area contributed by atoms with Gasteiger partial charge in [0, 0.05) is 43.0 Å². The molecular weight excluding hydrogens is 395 g/mol. The first-order valence-corrected chi connectivity index (χ1v) is 10.8. The molecule has 0 radical (unpaired) electrons. The van der Waals surface area contributed by atoms with Crippen molar-refractivity contribution in [3.63, 3.8) is 0 Å². The van der Waals surface area contributed by atoms with E-state index in [-0.39, 0.29) is 17.6 Å². The summed E-state index contributed by atoms with van der Waals surface area (Å²) in [7, 11) is 0. The van der Waals surface area contributed by atoms with Crippen LogP contribution >= 0.6 is 0 Å². The molecule has 0 saturated carbocycles. The van der Waals surface area contributed by atoms with Gasteiger partial charge in [-0.05, 0) is 63.1 Å². The molecule has 1 saturated heterocycles. The Bertz CT molecular complexity index is 1030. The third-order valence-electron chi connectivity index (χ3n) is 5.83. The van der Waals surface area contributed by atoms with Crippen molar-refractivity contribution in [2.45, 2.75) is 32.6 Å². The average Bonchev–Trinajstić information content (AvgIpc) is 3.31. The molecule has 31 heavy (non-hydrogen) atoms. The maximum absolute atomic E-state index is 13.5. The van der Waals surface area contributed by atoms with Gasteiger partial charge in [0.05, 0.1) is 5.92 Å². The van der Waals surface area contributed by atoms with Crippen LogP contribution in [-0.2, 0) is 0 Å². The van der Waals surface area contributed by atoms with Crippen LogP contribution in [0.2, 0.25) is 0 Å². The number of anilines is 1. The Morgan fingerprint density at radius 2 is 1.97 bits per heavy atom. The molecule has 2 heterocycles. The SMILES string of the molecule is CCN(CC)c1ccc(C(=O)N2CCCC(c3nc(-c4cccc(F)c4)no3)C2)cc1. The number of hydrogen-bond acceptors (Lipinski definition) is 5. The fraction of sp³-hybridized carbons (Fsp3) is 0.375. The van der Waals surface area contributed by atoms with E-state index in [4.69, 9.17) is 4.52 Å². The summed E-state index contributed by atoms with van der Waals surface area (Å²) < 4.78 is 19.0. The number of likely N-dealkylation sites (tertiary alicyclic amines) is 1. The minimum Gasteiger partial charge on any atom is -0.372 e. The molecule has 0 bridgehead atoms. The van der Waals surface area contributed by atoms with E-state index in [0.717, 1.165) is 31.6 Å². The van der Waals surface area contributed by atoms with E-state index in [1.54, 1.807) is 12.1 Å². The number of rotatable bonds is 6. The lowest BCUT2D eigenvalue weighted by atomic mass is 9.97. The summed E-state index contributed by atoms with van der Waals surface area (Å²) in [6.07, 6.45) is 1.74. The Labute approximate surface area is 181 Å². The number of halogens is 1. The van der Waals surface area contributed by atoms with Crippen LogP contribution in [0.3, 0.4) is 0 Å². The minimum absolute atomic E-state index is 0.0145. The second-order valence-electron chi connectivity index (χ2n) is 7.78. The van der Waals surface area contributed by atoms with Crippen LogP contribution in [0.5, 0.6) is 0 Å². The maximum Gasteiger partial charge on any atom is 0.253 e. The van der Waals surface area contributed by atoms with Gasteiger partial charge in [-0.2, -0.15) is 4.98 Å². The van der Waals surface area contributed by atoms with Gasteiger partial charge < -0.3 is 14.3 Å². The standard InChI is InChI=1S/C24H27FN4O2/c1-3-28(4-2)21-12-10-17(11-13-21)24(30)29-14-6-8-19(16-29)23-26-22(27-31-23)18-7-5-9-20(25)15-18/h5,7,9-13,15,19H,3-4,6,8,14,16H2,1-2H3. The maximum atomic E-state index is 13.5. The first-order valence-electron chi connectivity index (χ1n) is 10.8. The van der Waals surface area contributed by atoms with Crippen LogP contribution in [0.25, 0.3) is 11.4 Å². The van der Waals surface area contributed by atoms with Gasteiger partial charge in [-0.3, -0.25) is 4.79 Å². The van der Waals surface area contributed by atoms with Crippen molar-refractivity contribution >= 4 is 11.6 Å². The Kier molecular flexibility index (Phi) is 6.30. The highest BCUT2D eigenvalue weighted by molar-refractivity contribution is 5.94. The molecule has 7 heteroatoms. The molecule has 1 aliphatic rings. The van der Waals surface area contributed by atoms with Crippen molar-refractivity contribution in [1.29, 1.82) is 0 Å². The molecule has 2 aromatic carbocycles. The number of carbonyl (C=O) groups excluding carboxylic acids is 1. The molecule has 1 unspecified atom stereocenters. The Hall–Kier alpha value is -3.22. The van der Waals surface area contributed by atoms with Crippen molar-refractivity contribution < 1.29 is 13.7 Å². The number of hydrogen-bond donors (Lipinski definition) is 0. The lowest BCUT2D eigenvalue weighted by molar-refractivity contribution is 0.0695. The predicted octanol–water partition coefficient (Wildman–Crippen LogP) is 4.74. The molecular formula is C24H27FN4O2. The molecule has 1 fully saturated rings. The van der Waals surface area contributed by atoms with Gasteiger partial charge in [0.15, 0.2) is 0 Å². The van der Waals surface area contributed by atoms with Gasteiger partial charge in [0.25, 0.3) is 5.91 Å². The van der Waals surface area contributed by atoms with Crippen molar-refractivity contribution in [1.82, 2.24) is 15.0 Å². The van der Waals surface area contributed by atoms with Crippen molar-refractivity contribution in [2.75, 3.05) is 31.1 Å². The molecule has 4 rings (SSSR count). The van der Waals surface area contributed by atoms with Gasteiger partial charge in [0.2, 0.25) is 11.7 Å². The fourth-order valence-electron chi connectivity index (χ4n) is 4.10. The van der Waals surface area contributed by atoms with Gasteiger partial charge in [-0.1, -0.05) is 17.3 Å². The number of benzene rings is 2. The Balaban J connectivity index is 1.45. The first kappa shape index (κ1) is 21.0. The third kappa shape index (κ3) is 4.60. The lowest BCUT2D eigenvalue weighted by Crippen LogP contribution is -2.39. The molecule has 3 aromatic rings. The van der Waals surface area contributed by atoms with E-state index >= 15 is 0 Å². The monoisotopic (exact) mass is 422 g/mol. The second kappa shape index (κ2) is 9.29. The van der Waals surface area contributed by atoms with E-state index in [2.05, 4.69) is 28.9 Å². The summed E-state index contributed by atoms with van der Waals surface area (Å²) >= 11 is 0. The number of carbonyl (C=O) groups is 1. The molecule has 1 aromatic heterocycles. The number of nitrogens with zero attached hydrogens (tertiary/aromatic N) is 4. The van der Waals surface area contributed by atoms with E-state index < -0.39 is 0 Å². The summed E-state index contributed by atoms with van der Waals surface area (Å²) in [6, 6.07) is 13.9. The summed E-state index contributed by atoms with van der Waals surface area (Å²) in [5.74, 6) is 0.506. The predicted molar refractivity (Wildman–Crippen MR) is 118 cm³/mol. The van der Waals surface area contributed by atoms with Crippen molar-refractivity contribution in [2.24, 2.45) is 0 Å². The van der Waals surface area contributed by atoms with Crippen LogP contribution in [0.4, 0.5) is 10.1 Å². The van der Waals surface area contributed by atoms with Crippen LogP contribution in [0.1, 0.15) is 48.9 Å². The summed E-state index contributed by atoms with van der Waals surface area (Å²) in [5.41, 5.74) is 2.38. The van der Waals surface area contributed by atoms with Crippen LogP contribution in [0.15, 0.2) is 53.1 Å². The van der Waals surface area contributed by atoms with Gasteiger partial charge in [-0.15, -0.1) is 0 Å². The van der Waals surface area contributed by atoms with Gasteiger partial charge in [-0.25, -0.2) is 4.39 Å². The topological polar surface area (TPSA) is 62.5 Å². The quantitative estimate of drug-likeness (QED) is 0.574. The highest BCUT2D eigenvalue weighted by atomic mass is 19.1. The van der Waals surface area contributed by atoms with Gasteiger partial charge in [0.1, 0.15) is 5.82 Å². The molecule has 1 aliphatic heterocycles. The fourth-order valence-corrected chi connectivity index (χ4v) is 4.10. The van der Waals surface area contributed by atoms with Gasteiger partial charge >= 0.3 is 0 Å². The zero-order chi connectivity index (χ0) is 21.8. The zero-order valence-electron chi connectivity index (χ0n) is 17.9. The largest absolute Gasteiger partial charge is 0.372 e. The third-order valence-corrected chi connectivity index (χ3v) is 5.83. The van der Waals surface area contributed by atoms with E-state index in [1.807, 2.05) is 29.2 Å². The van der Waals surface area contributed by atoms with E-state index in [1.165, 1.54) is 12.1 Å². The Morgan fingerprint density at radius 1 is 1.19 bits per heavy atom. The van der Waals surface area contributed by atoms with Crippen LogP contribution in [-0.4, -0.2) is 47.1 Å². The molecule has 6 nitrogen and oxygen atoms in total. The molecule has 162 valence electrons. The second-order valence-corrected chi connectivity index (χ2v) is 7.78.